The molecule has 2 heterocycles. The zero-order valence-corrected chi connectivity index (χ0v) is 21.3. The number of nitrogens with zero attached hydrogens (tertiary/aromatic N) is 3. The van der Waals surface area contributed by atoms with Gasteiger partial charge in [-0.15, -0.1) is 0 Å². The monoisotopic (exact) mass is 497 g/mol. The molecule has 2 aliphatic heterocycles. The lowest BCUT2D eigenvalue weighted by Crippen LogP contribution is -2.51. The van der Waals surface area contributed by atoms with Crippen LogP contribution in [0.1, 0.15) is 29.5 Å². The molecule has 0 spiro atoms. The van der Waals surface area contributed by atoms with Crippen LogP contribution in [0, 0.1) is 13.8 Å². The summed E-state index contributed by atoms with van der Waals surface area (Å²) in [5.41, 5.74) is 2.85. The van der Waals surface area contributed by atoms with Gasteiger partial charge in [-0.3, -0.25) is 19.3 Å². The van der Waals surface area contributed by atoms with Gasteiger partial charge in [-0.25, -0.2) is 0 Å². The Morgan fingerprint density at radius 2 is 1.77 bits per heavy atom. The Hall–Kier alpha value is -2.90. The first-order valence-corrected chi connectivity index (χ1v) is 12.3. The summed E-state index contributed by atoms with van der Waals surface area (Å²) in [6.07, 6.45) is -0.165. The lowest BCUT2D eigenvalue weighted by Gasteiger charge is -2.38. The molecule has 2 aliphatic rings. The number of aryl methyl sites for hydroxylation is 2. The lowest BCUT2D eigenvalue weighted by molar-refractivity contribution is -0.143. The van der Waals surface area contributed by atoms with Crippen molar-refractivity contribution in [2.75, 3.05) is 51.3 Å². The van der Waals surface area contributed by atoms with Crippen LogP contribution in [0.5, 0.6) is 0 Å². The first kappa shape index (κ1) is 25.2. The van der Waals surface area contributed by atoms with Gasteiger partial charge < -0.3 is 14.5 Å². The number of halogens is 1. The molecule has 0 radical (unpaired) electrons. The van der Waals surface area contributed by atoms with E-state index in [4.69, 9.17) is 16.3 Å². The molecule has 2 saturated heterocycles. The van der Waals surface area contributed by atoms with Crippen molar-refractivity contribution in [3.8, 4) is 0 Å². The van der Waals surface area contributed by atoms with Gasteiger partial charge in [0.1, 0.15) is 0 Å². The molecule has 8 heteroatoms. The van der Waals surface area contributed by atoms with Crippen molar-refractivity contribution in [2.24, 2.45) is 0 Å². The fourth-order valence-corrected chi connectivity index (χ4v) is 5.55. The molecule has 7 nitrogen and oxygen atoms in total. The van der Waals surface area contributed by atoms with Crippen LogP contribution in [0.25, 0.3) is 0 Å². The number of rotatable bonds is 7. The number of benzene rings is 2. The fraction of sp³-hybridized carbons (Fsp3) is 0.444. The van der Waals surface area contributed by atoms with Gasteiger partial charge in [-0.2, -0.15) is 0 Å². The van der Waals surface area contributed by atoms with Gasteiger partial charge in [0.2, 0.25) is 17.7 Å². The first-order valence-electron chi connectivity index (χ1n) is 12.0. The Bertz CT molecular complexity index is 1130. The van der Waals surface area contributed by atoms with E-state index in [1.165, 1.54) is 28.8 Å². The summed E-state index contributed by atoms with van der Waals surface area (Å²) in [7, 11) is 1.52. The number of imide groups is 1. The van der Waals surface area contributed by atoms with Gasteiger partial charge in [0.25, 0.3) is 0 Å². The minimum absolute atomic E-state index is 0.0758. The minimum Gasteiger partial charge on any atom is -0.383 e. The summed E-state index contributed by atoms with van der Waals surface area (Å²) >= 11 is 6.50. The topological polar surface area (TPSA) is 70.2 Å². The normalized spacial score (nSPS) is 20.6. The number of carbonyl (C=O) groups excluding carboxylic acids is 3. The van der Waals surface area contributed by atoms with Gasteiger partial charge in [0, 0.05) is 56.8 Å². The number of likely N-dealkylation sites (tertiary alicyclic amines) is 1. The number of anilines is 1. The van der Waals surface area contributed by atoms with E-state index in [0.717, 1.165) is 0 Å². The van der Waals surface area contributed by atoms with Crippen LogP contribution < -0.4 is 4.90 Å². The number of amides is 3. The second-order valence-electron chi connectivity index (χ2n) is 9.42. The molecule has 0 aromatic heterocycles. The summed E-state index contributed by atoms with van der Waals surface area (Å²) in [6, 6.07) is 13.4. The van der Waals surface area contributed by atoms with Crippen molar-refractivity contribution in [3.05, 3.63) is 64.2 Å². The Labute approximate surface area is 211 Å². The summed E-state index contributed by atoms with van der Waals surface area (Å²) in [6.45, 7) is 7.11. The molecule has 1 atom stereocenters. The van der Waals surface area contributed by atoms with Gasteiger partial charge in [0.15, 0.2) is 0 Å². The molecule has 0 bridgehead atoms. The molecular weight excluding hydrogens is 466 g/mol. The van der Waals surface area contributed by atoms with Crippen molar-refractivity contribution >= 4 is 35.0 Å². The average Bonchev–Trinajstić information content (AvgIpc) is 3.07. The van der Waals surface area contributed by atoms with Crippen LogP contribution in [0.4, 0.5) is 5.69 Å². The highest BCUT2D eigenvalue weighted by atomic mass is 35.5. The molecule has 35 heavy (non-hydrogen) atoms. The van der Waals surface area contributed by atoms with Crippen LogP contribution in [0.2, 0.25) is 5.02 Å². The number of hydrogen-bond acceptors (Lipinski definition) is 5. The SMILES string of the molecule is COCCN1C(=O)C[C@@](CC(=O)N2CCN(c3ccc(C)cc3C)CC2)(c2ccccc2Cl)C1=O. The van der Waals surface area contributed by atoms with Crippen molar-refractivity contribution in [1.82, 2.24) is 9.80 Å². The number of piperazine rings is 1. The highest BCUT2D eigenvalue weighted by Gasteiger charge is 2.54. The first-order chi connectivity index (χ1) is 16.8. The summed E-state index contributed by atoms with van der Waals surface area (Å²) < 4.78 is 5.08. The standard InChI is InChI=1S/C27H32ClN3O4/c1-19-8-9-23(20(2)16-19)29-10-12-30(13-11-29)24(32)17-27(21-6-4-5-7-22(21)28)18-25(33)31(26(27)34)14-15-35-3/h4-9,16H,10-15,17-18H2,1-3H3/t27-/m0/s1. The van der Waals surface area contributed by atoms with E-state index in [0.29, 0.717) is 36.8 Å². The molecule has 0 saturated carbocycles. The van der Waals surface area contributed by atoms with E-state index < -0.39 is 5.41 Å². The molecule has 4 rings (SSSR count). The van der Waals surface area contributed by atoms with E-state index in [1.807, 2.05) is 0 Å². The molecule has 0 N–H and O–H groups in total. The van der Waals surface area contributed by atoms with Crippen molar-refractivity contribution in [2.45, 2.75) is 32.1 Å². The zero-order chi connectivity index (χ0) is 25.2. The van der Waals surface area contributed by atoms with E-state index in [-0.39, 0.29) is 43.7 Å². The highest BCUT2D eigenvalue weighted by Crippen LogP contribution is 2.43. The van der Waals surface area contributed by atoms with Gasteiger partial charge in [-0.1, -0.05) is 47.5 Å². The predicted molar refractivity (Wildman–Crippen MR) is 136 cm³/mol. The number of hydrogen-bond donors (Lipinski definition) is 0. The number of carbonyl (C=O) groups is 3. The number of ether oxygens (including phenoxy) is 1. The second-order valence-corrected chi connectivity index (χ2v) is 9.82. The smallest absolute Gasteiger partial charge is 0.241 e. The Kier molecular flexibility index (Phi) is 7.47. The van der Waals surface area contributed by atoms with E-state index >= 15 is 0 Å². The van der Waals surface area contributed by atoms with Crippen LogP contribution in [-0.4, -0.2) is 74.0 Å². The predicted octanol–water partition coefficient (Wildman–Crippen LogP) is 3.34. The largest absolute Gasteiger partial charge is 0.383 e. The molecule has 0 unspecified atom stereocenters. The third-order valence-electron chi connectivity index (χ3n) is 7.10. The molecule has 2 aromatic rings. The maximum atomic E-state index is 13.6. The van der Waals surface area contributed by atoms with Crippen molar-refractivity contribution < 1.29 is 19.1 Å². The maximum absolute atomic E-state index is 13.6. The molecule has 3 amide bonds. The highest BCUT2D eigenvalue weighted by molar-refractivity contribution is 6.32. The lowest BCUT2D eigenvalue weighted by atomic mass is 9.75. The summed E-state index contributed by atoms with van der Waals surface area (Å²) in [4.78, 5) is 45.3. The molecular formula is C27H32ClN3O4. The zero-order valence-electron chi connectivity index (χ0n) is 20.6. The number of methoxy groups -OCH3 is 1. The van der Waals surface area contributed by atoms with E-state index in [2.05, 4.69) is 36.9 Å². The van der Waals surface area contributed by atoms with Crippen LogP contribution >= 0.6 is 11.6 Å². The Morgan fingerprint density at radius 1 is 1.06 bits per heavy atom. The third-order valence-corrected chi connectivity index (χ3v) is 7.42. The molecule has 2 fully saturated rings. The Balaban J connectivity index is 1.53. The van der Waals surface area contributed by atoms with Gasteiger partial charge >= 0.3 is 0 Å². The Morgan fingerprint density at radius 3 is 2.43 bits per heavy atom. The molecule has 0 aliphatic carbocycles. The van der Waals surface area contributed by atoms with Crippen LogP contribution in [0.15, 0.2) is 42.5 Å². The second kappa shape index (κ2) is 10.4. The summed E-state index contributed by atoms with van der Waals surface area (Å²) in [5, 5.41) is 0.384. The average molecular weight is 498 g/mol. The van der Waals surface area contributed by atoms with Gasteiger partial charge in [0.05, 0.1) is 18.6 Å². The van der Waals surface area contributed by atoms with Crippen LogP contribution in [0.3, 0.4) is 0 Å². The quantitative estimate of drug-likeness (QED) is 0.549. The van der Waals surface area contributed by atoms with E-state index in [1.54, 1.807) is 29.2 Å². The van der Waals surface area contributed by atoms with Crippen LogP contribution in [-0.2, 0) is 24.5 Å². The van der Waals surface area contributed by atoms with Gasteiger partial charge in [-0.05, 0) is 37.1 Å². The molecule has 2 aromatic carbocycles. The van der Waals surface area contributed by atoms with Crippen molar-refractivity contribution in [3.63, 3.8) is 0 Å². The summed E-state index contributed by atoms with van der Waals surface area (Å²) in [5.74, 6) is -0.825. The molecule has 186 valence electrons. The fourth-order valence-electron chi connectivity index (χ4n) is 5.23. The third kappa shape index (κ3) is 4.93. The maximum Gasteiger partial charge on any atom is 0.241 e. The minimum atomic E-state index is -1.30. The van der Waals surface area contributed by atoms with E-state index in [9.17, 15) is 14.4 Å². The van der Waals surface area contributed by atoms with Crippen molar-refractivity contribution in [1.29, 1.82) is 0 Å².